The Morgan fingerprint density at radius 3 is 2.70 bits per heavy atom. The lowest BCUT2D eigenvalue weighted by molar-refractivity contribution is 0.457. The van der Waals surface area contributed by atoms with Gasteiger partial charge in [-0.2, -0.15) is 10.6 Å². The molecule has 20 heavy (non-hydrogen) atoms. The molecule has 0 aliphatic carbocycles. The third-order valence-electron chi connectivity index (χ3n) is 3.66. The quantitative estimate of drug-likeness (QED) is 0.702. The zero-order valence-electron chi connectivity index (χ0n) is 10.5. The Hall–Kier alpha value is -1.15. The van der Waals surface area contributed by atoms with E-state index in [1.165, 1.54) is 6.33 Å². The Labute approximate surface area is 121 Å². The van der Waals surface area contributed by atoms with Crippen LogP contribution in [0.5, 0.6) is 0 Å². The summed E-state index contributed by atoms with van der Waals surface area (Å²) in [4.78, 5) is 22.7. The number of aromatic nitrogens is 3. The third kappa shape index (κ3) is 2.54. The van der Waals surface area contributed by atoms with E-state index in [4.69, 9.17) is 11.6 Å². The molecule has 2 aromatic heterocycles. The van der Waals surface area contributed by atoms with E-state index in [-0.39, 0.29) is 11.5 Å². The van der Waals surface area contributed by atoms with Gasteiger partial charge in [0.2, 0.25) is 0 Å². The van der Waals surface area contributed by atoms with Gasteiger partial charge >= 0.3 is 0 Å². The summed E-state index contributed by atoms with van der Waals surface area (Å²) in [5.74, 6) is 0.696. The summed E-state index contributed by atoms with van der Waals surface area (Å²) in [6.07, 6.45) is 2.47. The molecule has 1 aliphatic heterocycles. The van der Waals surface area contributed by atoms with E-state index in [9.17, 15) is 13.9 Å². The smallest absolute Gasteiger partial charge is 0.253 e. The first-order chi connectivity index (χ1) is 9.46. The lowest BCUT2D eigenvalue weighted by Gasteiger charge is -2.39. The summed E-state index contributed by atoms with van der Waals surface area (Å²) in [5, 5.41) is 0.911. The zero-order valence-corrected chi connectivity index (χ0v) is 12.1. The van der Waals surface area contributed by atoms with Gasteiger partial charge in [-0.05, 0) is 24.8 Å². The molecule has 0 atom stereocenters. The standard InChI is InChI=1S/C12H14ClN3O3S/c13-10-9-5-8(7-1-3-20(18,19)4-2-7)12(17)16-11(9)15-6-14-10/h5-7,18-19H,1-4H2,(H,14,15,16,17). The second-order valence-corrected chi connectivity index (χ2v) is 7.74. The highest BCUT2D eigenvalue weighted by atomic mass is 35.5. The number of aromatic amines is 1. The van der Waals surface area contributed by atoms with Crippen LogP contribution in [0.15, 0.2) is 17.2 Å². The molecule has 8 heteroatoms. The lowest BCUT2D eigenvalue weighted by atomic mass is 9.94. The van der Waals surface area contributed by atoms with E-state index >= 15 is 0 Å². The molecule has 0 spiro atoms. The first kappa shape index (κ1) is 13.8. The molecule has 1 aliphatic rings. The number of H-pyrrole nitrogens is 1. The van der Waals surface area contributed by atoms with Gasteiger partial charge in [0.1, 0.15) is 17.1 Å². The van der Waals surface area contributed by atoms with Gasteiger partial charge in [0.25, 0.3) is 5.56 Å². The van der Waals surface area contributed by atoms with Crippen molar-refractivity contribution in [1.29, 1.82) is 0 Å². The third-order valence-corrected chi connectivity index (χ3v) is 5.74. The van der Waals surface area contributed by atoms with Crippen molar-refractivity contribution >= 4 is 33.2 Å². The highest BCUT2D eigenvalue weighted by Gasteiger charge is 2.27. The highest BCUT2D eigenvalue weighted by molar-refractivity contribution is 8.24. The monoisotopic (exact) mass is 315 g/mol. The molecular weight excluding hydrogens is 302 g/mol. The Bertz CT molecular complexity index is 709. The van der Waals surface area contributed by atoms with Crippen molar-refractivity contribution in [1.82, 2.24) is 15.0 Å². The number of rotatable bonds is 1. The minimum Gasteiger partial charge on any atom is -0.306 e. The van der Waals surface area contributed by atoms with E-state index in [0.717, 1.165) is 0 Å². The number of hydrogen-bond acceptors (Lipinski definition) is 5. The van der Waals surface area contributed by atoms with Gasteiger partial charge in [0.15, 0.2) is 0 Å². The molecule has 0 unspecified atom stereocenters. The average Bonchev–Trinajstić information content (AvgIpc) is 2.39. The van der Waals surface area contributed by atoms with Crippen LogP contribution in [-0.2, 0) is 0 Å². The molecule has 0 saturated carbocycles. The van der Waals surface area contributed by atoms with E-state index in [0.29, 0.717) is 46.1 Å². The van der Waals surface area contributed by atoms with Crippen molar-refractivity contribution < 1.29 is 9.11 Å². The number of hydrogen-bond donors (Lipinski definition) is 3. The first-order valence-electron chi connectivity index (χ1n) is 6.23. The van der Waals surface area contributed by atoms with Crippen LogP contribution in [0, 0.1) is 0 Å². The van der Waals surface area contributed by atoms with Gasteiger partial charge in [-0.3, -0.25) is 13.9 Å². The van der Waals surface area contributed by atoms with Crippen molar-refractivity contribution in [2.24, 2.45) is 0 Å². The molecule has 0 bridgehead atoms. The summed E-state index contributed by atoms with van der Waals surface area (Å²) in [7, 11) is -2.45. The van der Waals surface area contributed by atoms with Gasteiger partial charge in [0, 0.05) is 17.1 Å². The van der Waals surface area contributed by atoms with Crippen LogP contribution in [0.4, 0.5) is 0 Å². The Kier molecular flexibility index (Phi) is 3.45. The lowest BCUT2D eigenvalue weighted by Crippen LogP contribution is -2.24. The van der Waals surface area contributed by atoms with E-state index < -0.39 is 10.6 Å². The number of pyridine rings is 1. The molecule has 108 valence electrons. The molecule has 0 radical (unpaired) electrons. The fourth-order valence-corrected chi connectivity index (χ4v) is 4.24. The Morgan fingerprint density at radius 1 is 1.30 bits per heavy atom. The molecule has 2 aromatic rings. The molecule has 1 fully saturated rings. The van der Waals surface area contributed by atoms with Crippen molar-refractivity contribution in [3.8, 4) is 0 Å². The fourth-order valence-electron chi connectivity index (χ4n) is 2.53. The van der Waals surface area contributed by atoms with Gasteiger partial charge in [-0.25, -0.2) is 9.97 Å². The first-order valence-corrected chi connectivity index (χ1v) is 8.49. The summed E-state index contributed by atoms with van der Waals surface area (Å²) in [5.41, 5.74) is 0.832. The van der Waals surface area contributed by atoms with Crippen LogP contribution in [0.2, 0.25) is 5.15 Å². The van der Waals surface area contributed by atoms with Crippen molar-refractivity contribution in [2.75, 3.05) is 11.5 Å². The maximum absolute atomic E-state index is 12.1. The minimum atomic E-state index is -2.45. The summed E-state index contributed by atoms with van der Waals surface area (Å²) < 4.78 is 19.3. The largest absolute Gasteiger partial charge is 0.306 e. The van der Waals surface area contributed by atoms with Crippen LogP contribution >= 0.6 is 22.2 Å². The van der Waals surface area contributed by atoms with Crippen LogP contribution in [0.1, 0.15) is 24.3 Å². The maximum Gasteiger partial charge on any atom is 0.253 e. The fraction of sp³-hybridized carbons (Fsp3) is 0.417. The highest BCUT2D eigenvalue weighted by Crippen LogP contribution is 2.47. The van der Waals surface area contributed by atoms with Crippen molar-refractivity contribution in [3.05, 3.63) is 33.5 Å². The number of nitrogens with one attached hydrogen (secondary N) is 1. The van der Waals surface area contributed by atoms with Crippen LogP contribution in [0.3, 0.4) is 0 Å². The summed E-state index contributed by atoms with van der Waals surface area (Å²) in [6.45, 7) is 0. The predicted octanol–water partition coefficient (Wildman–Crippen LogP) is 2.60. The summed E-state index contributed by atoms with van der Waals surface area (Å²) >= 11 is 6.02. The molecular formula is C12H14ClN3O3S. The normalized spacial score (nSPS) is 20.9. The second-order valence-electron chi connectivity index (χ2n) is 4.97. The van der Waals surface area contributed by atoms with E-state index in [1.807, 2.05) is 0 Å². The van der Waals surface area contributed by atoms with Gasteiger partial charge in [-0.15, -0.1) is 0 Å². The molecule has 6 nitrogen and oxygen atoms in total. The average molecular weight is 316 g/mol. The van der Waals surface area contributed by atoms with Crippen molar-refractivity contribution in [3.63, 3.8) is 0 Å². The molecule has 0 aromatic carbocycles. The van der Waals surface area contributed by atoms with Gasteiger partial charge < -0.3 is 4.98 Å². The predicted molar refractivity (Wildman–Crippen MR) is 79.7 cm³/mol. The SMILES string of the molecule is O=c1[nH]c2ncnc(Cl)c2cc1C1CCS(O)(O)CC1. The van der Waals surface area contributed by atoms with Crippen LogP contribution in [0.25, 0.3) is 11.0 Å². The second kappa shape index (κ2) is 5.00. The number of nitrogens with zero attached hydrogens (tertiary/aromatic N) is 2. The van der Waals surface area contributed by atoms with E-state index in [1.54, 1.807) is 6.07 Å². The van der Waals surface area contributed by atoms with Gasteiger partial charge in [-0.1, -0.05) is 11.6 Å². The minimum absolute atomic E-state index is 0.0133. The molecule has 0 amide bonds. The topological polar surface area (TPSA) is 99.1 Å². The van der Waals surface area contributed by atoms with E-state index in [2.05, 4.69) is 15.0 Å². The zero-order chi connectivity index (χ0) is 14.3. The molecule has 3 heterocycles. The summed E-state index contributed by atoms with van der Waals surface area (Å²) in [6, 6.07) is 1.72. The van der Waals surface area contributed by atoms with Crippen LogP contribution < -0.4 is 5.56 Å². The molecule has 1 saturated heterocycles. The number of fused-ring (bicyclic) bond motifs is 1. The molecule has 3 N–H and O–H groups in total. The Morgan fingerprint density at radius 2 is 2.00 bits per heavy atom. The van der Waals surface area contributed by atoms with Gasteiger partial charge in [0.05, 0.1) is 5.39 Å². The van der Waals surface area contributed by atoms with Crippen molar-refractivity contribution in [2.45, 2.75) is 18.8 Å². The number of halogens is 1. The Balaban J connectivity index is 2.02. The molecule has 3 rings (SSSR count). The maximum atomic E-state index is 12.1. The van der Waals surface area contributed by atoms with Crippen LogP contribution in [-0.4, -0.2) is 35.6 Å².